The molecule has 0 unspecified atom stereocenters. The van der Waals surface area contributed by atoms with Crippen molar-refractivity contribution in [2.45, 2.75) is 13.5 Å². The lowest BCUT2D eigenvalue weighted by Gasteiger charge is -2.12. The van der Waals surface area contributed by atoms with Crippen molar-refractivity contribution in [1.29, 1.82) is 0 Å². The topological polar surface area (TPSA) is 89.0 Å². The Hall–Kier alpha value is -3.75. The molecule has 178 valence electrons. The highest BCUT2D eigenvalue weighted by Crippen LogP contribution is 2.33. The fourth-order valence-corrected chi connectivity index (χ4v) is 4.27. The summed E-state index contributed by atoms with van der Waals surface area (Å²) in [6, 6.07) is 20.0. The van der Waals surface area contributed by atoms with Crippen LogP contribution in [0.25, 0.3) is 6.08 Å². The van der Waals surface area contributed by atoms with Gasteiger partial charge in [-0.25, -0.2) is 4.99 Å². The fourth-order valence-electron chi connectivity index (χ4n) is 3.24. The van der Waals surface area contributed by atoms with Gasteiger partial charge in [0.1, 0.15) is 6.61 Å². The number of methoxy groups -OCH3 is 1. The first-order valence-corrected chi connectivity index (χ1v) is 11.8. The molecule has 2 amide bonds. The van der Waals surface area contributed by atoms with Crippen molar-refractivity contribution in [3.05, 3.63) is 87.8 Å². The second-order valence-corrected chi connectivity index (χ2v) is 8.94. The lowest BCUT2D eigenvalue weighted by molar-refractivity contribution is -0.115. The summed E-state index contributed by atoms with van der Waals surface area (Å²) >= 11 is 7.45. The van der Waals surface area contributed by atoms with E-state index in [0.717, 1.165) is 11.1 Å². The monoisotopic (exact) mass is 507 g/mol. The Bertz CT molecular complexity index is 1320. The van der Waals surface area contributed by atoms with Crippen molar-refractivity contribution in [1.82, 2.24) is 5.32 Å². The molecule has 1 heterocycles. The number of rotatable bonds is 7. The maximum atomic E-state index is 12.5. The third-order valence-corrected chi connectivity index (χ3v) is 6.17. The number of hydrogen-bond donors (Lipinski definition) is 2. The molecule has 7 nitrogen and oxygen atoms in total. The third kappa shape index (κ3) is 6.44. The standard InChI is InChI=1S/C26H22ClN3O4S/c1-16(31)28-19-8-10-20(11-9-19)29-26-30-25(32)24(35-26)14-17-7-12-22(23(13-17)33-2)34-15-18-5-3-4-6-21(18)27/h3-14H,15H2,1-2H3,(H,28,31)(H,29,30,32). The van der Waals surface area contributed by atoms with Crippen LogP contribution >= 0.6 is 23.4 Å². The number of carbonyl (C=O) groups excluding carboxylic acids is 2. The molecule has 0 bridgehead atoms. The SMILES string of the molecule is COc1cc(C=C2SC(=Nc3ccc(NC(C)=O)cc3)NC2=O)ccc1OCc1ccccc1Cl. The van der Waals surface area contributed by atoms with Crippen LogP contribution in [0.3, 0.4) is 0 Å². The number of amidine groups is 1. The number of aliphatic imine (C=N–C) groups is 1. The zero-order chi connectivity index (χ0) is 24.8. The summed E-state index contributed by atoms with van der Waals surface area (Å²) in [7, 11) is 1.56. The molecular weight excluding hydrogens is 486 g/mol. The van der Waals surface area contributed by atoms with E-state index in [-0.39, 0.29) is 11.8 Å². The Balaban J connectivity index is 1.46. The Morgan fingerprint density at radius 3 is 2.60 bits per heavy atom. The molecule has 0 spiro atoms. The van der Waals surface area contributed by atoms with E-state index < -0.39 is 0 Å². The molecule has 4 rings (SSSR count). The predicted octanol–water partition coefficient (Wildman–Crippen LogP) is 5.78. The van der Waals surface area contributed by atoms with E-state index in [4.69, 9.17) is 21.1 Å². The van der Waals surface area contributed by atoms with Gasteiger partial charge in [0.2, 0.25) is 5.91 Å². The summed E-state index contributed by atoms with van der Waals surface area (Å²) in [6.45, 7) is 1.75. The number of hydrogen-bond acceptors (Lipinski definition) is 6. The van der Waals surface area contributed by atoms with Gasteiger partial charge in [-0.1, -0.05) is 35.9 Å². The van der Waals surface area contributed by atoms with Gasteiger partial charge >= 0.3 is 0 Å². The molecule has 0 saturated carbocycles. The van der Waals surface area contributed by atoms with Gasteiger partial charge in [0, 0.05) is 23.2 Å². The Labute approximate surface area is 212 Å². The van der Waals surface area contributed by atoms with Crippen LogP contribution in [0.2, 0.25) is 5.02 Å². The normalized spacial score (nSPS) is 15.2. The average Bonchev–Trinajstić information content (AvgIpc) is 3.18. The number of halogens is 1. The summed E-state index contributed by atoms with van der Waals surface area (Å²) in [6.07, 6.45) is 1.77. The molecule has 2 N–H and O–H groups in total. The second kappa shape index (κ2) is 11.1. The fraction of sp³-hybridized carbons (Fsp3) is 0.115. The molecule has 0 aromatic heterocycles. The molecule has 1 aliphatic heterocycles. The van der Waals surface area contributed by atoms with Gasteiger partial charge in [-0.15, -0.1) is 0 Å². The van der Waals surface area contributed by atoms with E-state index in [2.05, 4.69) is 15.6 Å². The maximum Gasteiger partial charge on any atom is 0.264 e. The van der Waals surface area contributed by atoms with Gasteiger partial charge in [0.25, 0.3) is 5.91 Å². The molecule has 3 aromatic rings. The molecule has 1 fully saturated rings. The van der Waals surface area contributed by atoms with Crippen LogP contribution in [-0.2, 0) is 16.2 Å². The minimum Gasteiger partial charge on any atom is -0.493 e. The van der Waals surface area contributed by atoms with Gasteiger partial charge in [-0.05, 0) is 65.9 Å². The summed E-state index contributed by atoms with van der Waals surface area (Å²) in [5.74, 6) is 0.738. The molecule has 9 heteroatoms. The number of ether oxygens (including phenoxy) is 2. The molecular formula is C26H22ClN3O4S. The second-order valence-electron chi connectivity index (χ2n) is 7.50. The molecule has 0 atom stereocenters. The number of benzene rings is 3. The summed E-state index contributed by atoms with van der Waals surface area (Å²) in [4.78, 5) is 28.6. The first-order valence-electron chi connectivity index (χ1n) is 10.6. The highest BCUT2D eigenvalue weighted by molar-refractivity contribution is 8.18. The van der Waals surface area contributed by atoms with Gasteiger partial charge in [-0.2, -0.15) is 0 Å². The van der Waals surface area contributed by atoms with Crippen LogP contribution in [0.4, 0.5) is 11.4 Å². The Kier molecular flexibility index (Phi) is 7.74. The van der Waals surface area contributed by atoms with Gasteiger partial charge in [0.15, 0.2) is 16.7 Å². The van der Waals surface area contributed by atoms with Gasteiger partial charge < -0.3 is 20.1 Å². The minimum absolute atomic E-state index is 0.144. The van der Waals surface area contributed by atoms with E-state index in [1.165, 1.54) is 18.7 Å². The van der Waals surface area contributed by atoms with Crippen molar-refractivity contribution < 1.29 is 19.1 Å². The smallest absolute Gasteiger partial charge is 0.264 e. The van der Waals surface area contributed by atoms with Crippen LogP contribution in [0, 0.1) is 0 Å². The largest absolute Gasteiger partial charge is 0.493 e. The lowest BCUT2D eigenvalue weighted by Crippen LogP contribution is -2.19. The van der Waals surface area contributed by atoms with Crippen molar-refractivity contribution in [2.75, 3.05) is 12.4 Å². The van der Waals surface area contributed by atoms with Crippen LogP contribution < -0.4 is 20.1 Å². The van der Waals surface area contributed by atoms with Crippen LogP contribution in [0.15, 0.2) is 76.6 Å². The van der Waals surface area contributed by atoms with E-state index in [1.54, 1.807) is 49.6 Å². The predicted molar refractivity (Wildman–Crippen MR) is 140 cm³/mol. The van der Waals surface area contributed by atoms with E-state index in [0.29, 0.717) is 44.6 Å². The lowest BCUT2D eigenvalue weighted by atomic mass is 10.2. The van der Waals surface area contributed by atoms with Crippen molar-refractivity contribution in [2.24, 2.45) is 4.99 Å². The van der Waals surface area contributed by atoms with Crippen molar-refractivity contribution >= 4 is 57.8 Å². The molecule has 0 aliphatic carbocycles. The molecule has 1 saturated heterocycles. The first-order chi connectivity index (χ1) is 16.9. The molecule has 0 radical (unpaired) electrons. The zero-order valence-corrected chi connectivity index (χ0v) is 20.6. The van der Waals surface area contributed by atoms with E-state index in [1.807, 2.05) is 30.3 Å². The summed E-state index contributed by atoms with van der Waals surface area (Å²) in [5, 5.41) is 6.58. The Morgan fingerprint density at radius 1 is 1.11 bits per heavy atom. The molecule has 35 heavy (non-hydrogen) atoms. The highest BCUT2D eigenvalue weighted by atomic mass is 35.5. The minimum atomic E-state index is -0.235. The maximum absolute atomic E-state index is 12.5. The van der Waals surface area contributed by atoms with Crippen molar-refractivity contribution in [3.8, 4) is 11.5 Å². The van der Waals surface area contributed by atoms with Crippen LogP contribution in [0.1, 0.15) is 18.1 Å². The van der Waals surface area contributed by atoms with Gasteiger partial charge in [0.05, 0.1) is 17.7 Å². The quantitative estimate of drug-likeness (QED) is 0.396. The number of thioether (sulfide) groups is 1. The number of amides is 2. The van der Waals surface area contributed by atoms with Gasteiger partial charge in [-0.3, -0.25) is 9.59 Å². The third-order valence-electron chi connectivity index (χ3n) is 4.90. The van der Waals surface area contributed by atoms with E-state index >= 15 is 0 Å². The van der Waals surface area contributed by atoms with Crippen molar-refractivity contribution in [3.63, 3.8) is 0 Å². The number of carbonyl (C=O) groups is 2. The average molecular weight is 508 g/mol. The van der Waals surface area contributed by atoms with Crippen LogP contribution in [0.5, 0.6) is 11.5 Å². The molecule has 3 aromatic carbocycles. The number of anilines is 1. The number of nitrogens with zero attached hydrogens (tertiary/aromatic N) is 1. The zero-order valence-electron chi connectivity index (χ0n) is 19.0. The first kappa shape index (κ1) is 24.4. The van der Waals surface area contributed by atoms with Crippen LogP contribution in [-0.4, -0.2) is 24.1 Å². The molecule has 1 aliphatic rings. The summed E-state index contributed by atoms with van der Waals surface area (Å²) < 4.78 is 11.4. The Morgan fingerprint density at radius 2 is 1.89 bits per heavy atom. The highest BCUT2D eigenvalue weighted by Gasteiger charge is 2.24. The van der Waals surface area contributed by atoms with E-state index in [9.17, 15) is 9.59 Å². The summed E-state index contributed by atoms with van der Waals surface area (Å²) in [5.41, 5.74) is 2.99. The number of nitrogens with one attached hydrogen (secondary N) is 2.